The highest BCUT2D eigenvalue weighted by atomic mass is 16.5. The Balaban J connectivity index is 2.52. The summed E-state index contributed by atoms with van der Waals surface area (Å²) in [6.07, 6.45) is 4.49. The third-order valence-corrected chi connectivity index (χ3v) is 2.45. The lowest BCUT2D eigenvalue weighted by Gasteiger charge is -2.20. The summed E-state index contributed by atoms with van der Waals surface area (Å²) in [7, 11) is 1.35. The van der Waals surface area contributed by atoms with E-state index < -0.39 is 0 Å². The predicted molar refractivity (Wildman–Crippen MR) is 57.9 cm³/mol. The zero-order chi connectivity index (χ0) is 12.0. The number of hydrogen-bond acceptors (Lipinski definition) is 4. The second kappa shape index (κ2) is 6.15. The molecular weight excluding hydrogens is 210 g/mol. The van der Waals surface area contributed by atoms with Crippen LogP contribution in [0.4, 0.5) is 4.79 Å². The Hall–Kier alpha value is -1.52. The highest BCUT2D eigenvalue weighted by Crippen LogP contribution is 2.18. The van der Waals surface area contributed by atoms with Crippen LogP contribution < -0.4 is 0 Å². The molecule has 1 saturated heterocycles. The molecule has 0 unspecified atom stereocenters. The van der Waals surface area contributed by atoms with E-state index in [1.807, 2.05) is 0 Å². The Kier molecular flexibility index (Phi) is 4.82. The first kappa shape index (κ1) is 12.5. The fraction of sp³-hybridized carbons (Fsp3) is 0.636. The summed E-state index contributed by atoms with van der Waals surface area (Å²) >= 11 is 0. The Morgan fingerprint density at radius 2 is 2.25 bits per heavy atom. The maximum Gasteiger partial charge on any atom is 0.409 e. The van der Waals surface area contributed by atoms with Crippen molar-refractivity contribution in [2.24, 2.45) is 0 Å². The SMILES string of the molecule is CCOC(=O)/C=C/[C@@H]1CCCN1C(=O)OC. The molecule has 0 saturated carbocycles. The number of methoxy groups -OCH3 is 1. The van der Waals surface area contributed by atoms with Gasteiger partial charge in [-0.2, -0.15) is 0 Å². The number of amides is 1. The summed E-state index contributed by atoms with van der Waals surface area (Å²) in [5.74, 6) is -0.376. The van der Waals surface area contributed by atoms with E-state index in [1.165, 1.54) is 13.2 Å². The van der Waals surface area contributed by atoms with Crippen LogP contribution in [0, 0.1) is 0 Å². The minimum Gasteiger partial charge on any atom is -0.463 e. The Labute approximate surface area is 95.0 Å². The van der Waals surface area contributed by atoms with Gasteiger partial charge in [0.25, 0.3) is 0 Å². The average Bonchev–Trinajstić information content (AvgIpc) is 2.74. The van der Waals surface area contributed by atoms with E-state index in [4.69, 9.17) is 4.74 Å². The third-order valence-electron chi connectivity index (χ3n) is 2.45. The number of nitrogens with zero attached hydrogens (tertiary/aromatic N) is 1. The Morgan fingerprint density at radius 1 is 1.50 bits per heavy atom. The van der Waals surface area contributed by atoms with E-state index in [-0.39, 0.29) is 18.1 Å². The minimum absolute atomic E-state index is 0.0585. The van der Waals surface area contributed by atoms with Crippen molar-refractivity contribution in [2.75, 3.05) is 20.3 Å². The lowest BCUT2D eigenvalue weighted by atomic mass is 10.2. The van der Waals surface area contributed by atoms with E-state index in [2.05, 4.69) is 4.74 Å². The highest BCUT2D eigenvalue weighted by molar-refractivity contribution is 5.82. The van der Waals surface area contributed by atoms with Gasteiger partial charge in [0.15, 0.2) is 0 Å². The number of carbonyl (C=O) groups is 2. The average molecular weight is 227 g/mol. The summed E-state index contributed by atoms with van der Waals surface area (Å²) in [4.78, 5) is 24.1. The molecule has 0 aliphatic carbocycles. The number of carbonyl (C=O) groups excluding carboxylic acids is 2. The molecule has 0 aromatic heterocycles. The predicted octanol–water partition coefficient (Wildman–Crippen LogP) is 1.34. The molecule has 0 N–H and O–H groups in total. The Morgan fingerprint density at radius 3 is 2.88 bits per heavy atom. The molecule has 0 radical (unpaired) electrons. The van der Waals surface area contributed by atoms with Gasteiger partial charge < -0.3 is 14.4 Å². The minimum atomic E-state index is -0.376. The van der Waals surface area contributed by atoms with Gasteiger partial charge in [-0.1, -0.05) is 6.08 Å². The quantitative estimate of drug-likeness (QED) is 0.539. The molecule has 90 valence electrons. The summed E-state index contributed by atoms with van der Waals surface area (Å²) in [5.41, 5.74) is 0. The van der Waals surface area contributed by atoms with Crippen molar-refractivity contribution < 1.29 is 19.1 Å². The van der Waals surface area contributed by atoms with Gasteiger partial charge in [0.1, 0.15) is 0 Å². The van der Waals surface area contributed by atoms with Crippen LogP contribution in [0.5, 0.6) is 0 Å². The molecule has 1 heterocycles. The maximum atomic E-state index is 11.3. The standard InChI is InChI=1S/C11H17NO4/c1-3-16-10(13)7-6-9-5-4-8-12(9)11(14)15-2/h6-7,9H,3-5,8H2,1-2H3/b7-6+/t9-/m0/s1. The summed E-state index contributed by atoms with van der Waals surface area (Å²) < 4.78 is 9.42. The summed E-state index contributed by atoms with van der Waals surface area (Å²) in [5, 5.41) is 0. The molecule has 0 aromatic carbocycles. The van der Waals surface area contributed by atoms with Crippen molar-refractivity contribution in [2.45, 2.75) is 25.8 Å². The van der Waals surface area contributed by atoms with Gasteiger partial charge >= 0.3 is 12.1 Å². The molecule has 5 nitrogen and oxygen atoms in total. The van der Waals surface area contributed by atoms with Gasteiger partial charge in [-0.3, -0.25) is 0 Å². The molecule has 0 aromatic rings. The fourth-order valence-corrected chi connectivity index (χ4v) is 1.72. The number of hydrogen-bond donors (Lipinski definition) is 0. The van der Waals surface area contributed by atoms with Crippen LogP contribution in [-0.2, 0) is 14.3 Å². The van der Waals surface area contributed by atoms with Crippen LogP contribution in [0.3, 0.4) is 0 Å². The third kappa shape index (κ3) is 3.25. The fourth-order valence-electron chi connectivity index (χ4n) is 1.72. The summed E-state index contributed by atoms with van der Waals surface area (Å²) in [6, 6.07) is -0.0585. The van der Waals surface area contributed by atoms with Crippen LogP contribution in [0.15, 0.2) is 12.2 Å². The molecule has 5 heteroatoms. The van der Waals surface area contributed by atoms with Gasteiger partial charge in [-0.05, 0) is 19.8 Å². The number of likely N-dealkylation sites (tertiary alicyclic amines) is 1. The van der Waals surface area contributed by atoms with Crippen molar-refractivity contribution in [3.8, 4) is 0 Å². The van der Waals surface area contributed by atoms with Crippen molar-refractivity contribution in [3.63, 3.8) is 0 Å². The lowest BCUT2D eigenvalue weighted by molar-refractivity contribution is -0.137. The van der Waals surface area contributed by atoms with Gasteiger partial charge in [-0.15, -0.1) is 0 Å². The van der Waals surface area contributed by atoms with Gasteiger partial charge in [-0.25, -0.2) is 9.59 Å². The second-order valence-corrected chi connectivity index (χ2v) is 3.48. The van der Waals surface area contributed by atoms with Gasteiger partial charge in [0.2, 0.25) is 0 Å². The molecule has 1 amide bonds. The van der Waals surface area contributed by atoms with Gasteiger partial charge in [0, 0.05) is 12.6 Å². The first-order valence-corrected chi connectivity index (χ1v) is 5.38. The molecule has 0 spiro atoms. The normalized spacial score (nSPS) is 20.1. The van der Waals surface area contributed by atoms with Crippen LogP contribution in [-0.4, -0.2) is 43.3 Å². The summed E-state index contributed by atoms with van der Waals surface area (Å²) in [6.45, 7) is 2.78. The van der Waals surface area contributed by atoms with E-state index in [1.54, 1.807) is 17.9 Å². The van der Waals surface area contributed by atoms with Gasteiger partial charge in [0.05, 0.1) is 19.8 Å². The van der Waals surface area contributed by atoms with Crippen molar-refractivity contribution in [1.29, 1.82) is 0 Å². The first-order chi connectivity index (χ1) is 7.69. The second-order valence-electron chi connectivity index (χ2n) is 3.48. The Bertz CT molecular complexity index is 288. The van der Waals surface area contributed by atoms with Crippen LogP contribution in [0.1, 0.15) is 19.8 Å². The van der Waals surface area contributed by atoms with Crippen LogP contribution >= 0.6 is 0 Å². The van der Waals surface area contributed by atoms with E-state index >= 15 is 0 Å². The van der Waals surface area contributed by atoms with Crippen molar-refractivity contribution in [1.82, 2.24) is 4.90 Å². The zero-order valence-electron chi connectivity index (χ0n) is 9.64. The molecule has 1 fully saturated rings. The molecule has 1 aliphatic rings. The highest BCUT2D eigenvalue weighted by Gasteiger charge is 2.27. The first-order valence-electron chi connectivity index (χ1n) is 5.38. The van der Waals surface area contributed by atoms with E-state index in [9.17, 15) is 9.59 Å². The number of ether oxygens (including phenoxy) is 2. The van der Waals surface area contributed by atoms with Crippen molar-refractivity contribution in [3.05, 3.63) is 12.2 Å². The molecule has 1 aliphatic heterocycles. The zero-order valence-corrected chi connectivity index (χ0v) is 9.64. The van der Waals surface area contributed by atoms with Crippen molar-refractivity contribution >= 4 is 12.1 Å². The molecule has 0 bridgehead atoms. The molecule has 1 atom stereocenters. The van der Waals surface area contributed by atoms with E-state index in [0.29, 0.717) is 13.2 Å². The smallest absolute Gasteiger partial charge is 0.409 e. The molecule has 16 heavy (non-hydrogen) atoms. The molecular formula is C11H17NO4. The number of rotatable bonds is 3. The number of esters is 1. The maximum absolute atomic E-state index is 11.3. The largest absolute Gasteiger partial charge is 0.463 e. The van der Waals surface area contributed by atoms with Crippen LogP contribution in [0.2, 0.25) is 0 Å². The lowest BCUT2D eigenvalue weighted by Crippen LogP contribution is -2.34. The monoisotopic (exact) mass is 227 g/mol. The van der Waals surface area contributed by atoms with E-state index in [0.717, 1.165) is 12.8 Å². The van der Waals surface area contributed by atoms with Crippen LogP contribution in [0.25, 0.3) is 0 Å². The topological polar surface area (TPSA) is 55.8 Å². The molecule has 1 rings (SSSR count).